The van der Waals surface area contributed by atoms with Gasteiger partial charge in [-0.1, -0.05) is 6.07 Å². The van der Waals surface area contributed by atoms with Gasteiger partial charge in [-0.25, -0.2) is 13.1 Å². The molecule has 152 valence electrons. The number of nitrogens with one attached hydrogen (secondary N) is 2. The van der Waals surface area contributed by atoms with E-state index in [1.165, 1.54) is 11.3 Å². The molecule has 0 unspecified atom stereocenters. The number of piperidine rings is 1. The molecule has 0 saturated carbocycles. The Balaban J connectivity index is 1.50. The van der Waals surface area contributed by atoms with E-state index in [4.69, 9.17) is 4.74 Å². The van der Waals surface area contributed by atoms with Gasteiger partial charge in [0.2, 0.25) is 15.9 Å². The van der Waals surface area contributed by atoms with Crippen molar-refractivity contribution in [2.45, 2.75) is 36.1 Å². The Bertz CT molecular complexity index is 874. The van der Waals surface area contributed by atoms with Crippen molar-refractivity contribution in [3.8, 4) is 5.75 Å². The van der Waals surface area contributed by atoms with Gasteiger partial charge in [0.1, 0.15) is 9.96 Å². The first-order valence-electron chi connectivity index (χ1n) is 9.14. The quantitative estimate of drug-likeness (QED) is 0.715. The maximum atomic E-state index is 12.5. The number of hydrogen-bond donors (Lipinski definition) is 2. The van der Waals surface area contributed by atoms with E-state index in [0.717, 1.165) is 11.4 Å². The molecule has 9 heteroatoms. The molecule has 1 fully saturated rings. The fraction of sp³-hybridized carbons (Fsp3) is 0.421. The number of amides is 1. The predicted molar refractivity (Wildman–Crippen MR) is 110 cm³/mol. The zero-order valence-corrected chi connectivity index (χ0v) is 17.6. The molecular formula is C19H25N3O4S2. The Morgan fingerprint density at radius 2 is 1.89 bits per heavy atom. The Hall–Kier alpha value is -1.94. The van der Waals surface area contributed by atoms with Gasteiger partial charge in [-0.05, 0) is 55.5 Å². The molecule has 28 heavy (non-hydrogen) atoms. The summed E-state index contributed by atoms with van der Waals surface area (Å²) in [4.78, 5) is 14.6. The molecule has 1 aromatic heterocycles. The SMILES string of the molecule is COc1ccc(NC(=O)[C@H](C)N2CCC(NS(=O)(=O)c3cccs3)CC2)cc1. The van der Waals surface area contributed by atoms with Crippen LogP contribution < -0.4 is 14.8 Å². The van der Waals surface area contributed by atoms with E-state index in [-0.39, 0.29) is 18.0 Å². The smallest absolute Gasteiger partial charge is 0.250 e. The lowest BCUT2D eigenvalue weighted by Crippen LogP contribution is -2.50. The van der Waals surface area contributed by atoms with Crippen LogP contribution in [0.1, 0.15) is 19.8 Å². The van der Waals surface area contributed by atoms with Gasteiger partial charge in [0, 0.05) is 24.8 Å². The summed E-state index contributed by atoms with van der Waals surface area (Å²) in [6.07, 6.45) is 1.34. The molecule has 3 rings (SSSR count). The van der Waals surface area contributed by atoms with E-state index < -0.39 is 10.0 Å². The Morgan fingerprint density at radius 3 is 2.46 bits per heavy atom. The molecule has 2 heterocycles. The minimum absolute atomic E-state index is 0.0808. The van der Waals surface area contributed by atoms with Gasteiger partial charge < -0.3 is 10.1 Å². The van der Waals surface area contributed by atoms with Gasteiger partial charge in [-0.2, -0.15) is 0 Å². The number of sulfonamides is 1. The van der Waals surface area contributed by atoms with Gasteiger partial charge >= 0.3 is 0 Å². The standard InChI is InChI=1S/C19H25N3O4S2/c1-14(19(23)20-15-5-7-17(26-2)8-6-15)22-11-9-16(10-12-22)21-28(24,25)18-4-3-13-27-18/h3-8,13-14,16,21H,9-12H2,1-2H3,(H,20,23)/t14-/m0/s1. The summed E-state index contributed by atoms with van der Waals surface area (Å²) in [6, 6.07) is 10.1. The van der Waals surface area contributed by atoms with E-state index >= 15 is 0 Å². The second kappa shape index (κ2) is 9.04. The van der Waals surface area contributed by atoms with Crippen molar-refractivity contribution in [2.24, 2.45) is 0 Å². The molecule has 7 nitrogen and oxygen atoms in total. The highest BCUT2D eigenvalue weighted by molar-refractivity contribution is 7.91. The van der Waals surface area contributed by atoms with Crippen LogP contribution in [0.25, 0.3) is 0 Å². The van der Waals surface area contributed by atoms with Crippen LogP contribution in [0.2, 0.25) is 0 Å². The fourth-order valence-electron chi connectivity index (χ4n) is 3.19. The van der Waals surface area contributed by atoms with Crippen LogP contribution in [0.4, 0.5) is 5.69 Å². The van der Waals surface area contributed by atoms with Crippen LogP contribution in [0.3, 0.4) is 0 Å². The first-order valence-corrected chi connectivity index (χ1v) is 11.5. The normalized spacial score (nSPS) is 17.2. The maximum absolute atomic E-state index is 12.5. The lowest BCUT2D eigenvalue weighted by Gasteiger charge is -2.35. The van der Waals surface area contributed by atoms with Crippen molar-refractivity contribution in [1.29, 1.82) is 0 Å². The molecule has 2 N–H and O–H groups in total. The van der Waals surface area contributed by atoms with E-state index in [9.17, 15) is 13.2 Å². The highest BCUT2D eigenvalue weighted by atomic mass is 32.2. The van der Waals surface area contributed by atoms with Crippen LogP contribution >= 0.6 is 11.3 Å². The summed E-state index contributed by atoms with van der Waals surface area (Å²) in [5, 5.41) is 4.66. The molecule has 0 aliphatic carbocycles. The summed E-state index contributed by atoms with van der Waals surface area (Å²) in [5.41, 5.74) is 0.719. The van der Waals surface area contributed by atoms with Crippen molar-refractivity contribution in [3.63, 3.8) is 0 Å². The number of likely N-dealkylation sites (tertiary alicyclic amines) is 1. The molecule has 2 aromatic rings. The fourth-order valence-corrected chi connectivity index (χ4v) is 5.50. The average Bonchev–Trinajstić information content (AvgIpc) is 3.24. The van der Waals surface area contributed by atoms with Crippen molar-refractivity contribution in [3.05, 3.63) is 41.8 Å². The van der Waals surface area contributed by atoms with Crippen LogP contribution in [-0.4, -0.2) is 51.5 Å². The van der Waals surface area contributed by atoms with Crippen LogP contribution in [0, 0.1) is 0 Å². The molecule has 1 amide bonds. The molecule has 0 spiro atoms. The number of carbonyl (C=O) groups is 1. The monoisotopic (exact) mass is 423 g/mol. The van der Waals surface area contributed by atoms with Gasteiger partial charge in [-0.3, -0.25) is 9.69 Å². The van der Waals surface area contributed by atoms with E-state index in [0.29, 0.717) is 30.1 Å². The molecule has 0 bridgehead atoms. The molecule has 1 aliphatic heterocycles. The molecule has 0 radical (unpaired) electrons. The molecule has 1 atom stereocenters. The third-order valence-corrected chi connectivity index (χ3v) is 7.81. The van der Waals surface area contributed by atoms with Gasteiger partial charge in [0.25, 0.3) is 0 Å². The number of carbonyl (C=O) groups excluding carboxylic acids is 1. The van der Waals surface area contributed by atoms with Crippen LogP contribution in [0.5, 0.6) is 5.75 Å². The van der Waals surface area contributed by atoms with Gasteiger partial charge in [0.15, 0.2) is 0 Å². The zero-order chi connectivity index (χ0) is 20.1. The van der Waals surface area contributed by atoms with Gasteiger partial charge in [-0.15, -0.1) is 11.3 Å². The minimum Gasteiger partial charge on any atom is -0.497 e. The first-order chi connectivity index (χ1) is 13.4. The summed E-state index contributed by atoms with van der Waals surface area (Å²) in [6.45, 7) is 3.19. The Kier molecular flexibility index (Phi) is 6.71. The van der Waals surface area contributed by atoms with Crippen molar-refractivity contribution in [1.82, 2.24) is 9.62 Å². The van der Waals surface area contributed by atoms with Crippen LogP contribution in [-0.2, 0) is 14.8 Å². The lowest BCUT2D eigenvalue weighted by molar-refractivity contribution is -0.121. The molecule has 1 saturated heterocycles. The summed E-state index contributed by atoms with van der Waals surface area (Å²) in [7, 11) is -1.86. The number of methoxy groups -OCH3 is 1. The van der Waals surface area contributed by atoms with Crippen molar-refractivity contribution >= 4 is 33.0 Å². The Morgan fingerprint density at radius 1 is 1.21 bits per heavy atom. The predicted octanol–water partition coefficient (Wildman–Crippen LogP) is 2.53. The maximum Gasteiger partial charge on any atom is 0.250 e. The average molecular weight is 424 g/mol. The van der Waals surface area contributed by atoms with Crippen molar-refractivity contribution in [2.75, 3.05) is 25.5 Å². The zero-order valence-electron chi connectivity index (χ0n) is 15.9. The number of benzene rings is 1. The summed E-state index contributed by atoms with van der Waals surface area (Å²) >= 11 is 1.21. The third kappa shape index (κ3) is 5.11. The number of nitrogens with zero attached hydrogens (tertiary/aromatic N) is 1. The summed E-state index contributed by atoms with van der Waals surface area (Å²) < 4.78 is 32.9. The largest absolute Gasteiger partial charge is 0.497 e. The molecule has 1 aliphatic rings. The van der Waals surface area contributed by atoms with E-state index in [1.807, 2.05) is 6.92 Å². The second-order valence-electron chi connectivity index (χ2n) is 6.76. The molecule has 1 aromatic carbocycles. The first kappa shape index (κ1) is 20.8. The van der Waals surface area contributed by atoms with Crippen LogP contribution in [0.15, 0.2) is 46.0 Å². The Labute approximate surface area is 169 Å². The summed E-state index contributed by atoms with van der Waals surface area (Å²) in [5.74, 6) is 0.654. The lowest BCUT2D eigenvalue weighted by atomic mass is 10.0. The topological polar surface area (TPSA) is 87.7 Å². The van der Waals surface area contributed by atoms with Crippen molar-refractivity contribution < 1.29 is 17.9 Å². The minimum atomic E-state index is -3.46. The number of ether oxygens (including phenoxy) is 1. The number of hydrogen-bond acceptors (Lipinski definition) is 6. The highest BCUT2D eigenvalue weighted by Gasteiger charge is 2.29. The van der Waals surface area contributed by atoms with E-state index in [1.54, 1.807) is 48.9 Å². The highest BCUT2D eigenvalue weighted by Crippen LogP contribution is 2.20. The number of anilines is 1. The number of thiophene rings is 1. The number of rotatable bonds is 7. The third-order valence-electron chi connectivity index (χ3n) is 4.90. The second-order valence-corrected chi connectivity index (χ2v) is 9.65. The molecular weight excluding hydrogens is 398 g/mol. The van der Waals surface area contributed by atoms with E-state index in [2.05, 4.69) is 14.9 Å². The van der Waals surface area contributed by atoms with Gasteiger partial charge in [0.05, 0.1) is 13.2 Å².